The van der Waals surface area contributed by atoms with Crippen LogP contribution in [-0.4, -0.2) is 41.1 Å². The third-order valence-electron chi connectivity index (χ3n) is 3.98. The molecule has 0 radical (unpaired) electrons. The Hall–Kier alpha value is -1.56. The molecule has 2 aliphatic heterocycles. The minimum absolute atomic E-state index is 0.0608. The number of ketones is 1. The summed E-state index contributed by atoms with van der Waals surface area (Å²) in [7, 11) is 0. The van der Waals surface area contributed by atoms with Crippen molar-refractivity contribution in [2.45, 2.75) is 45.3 Å². The van der Waals surface area contributed by atoms with Gasteiger partial charge in [0.05, 0.1) is 25.1 Å². The Kier molecular flexibility index (Phi) is 3.71. The summed E-state index contributed by atoms with van der Waals surface area (Å²) >= 11 is 3.46. The maximum Gasteiger partial charge on any atom is 0.410 e. The Morgan fingerprint density at radius 3 is 2.61 bits per heavy atom. The average Bonchev–Trinajstić information content (AvgIpc) is 2.36. The van der Waals surface area contributed by atoms with E-state index < -0.39 is 11.2 Å². The molecule has 2 heterocycles. The van der Waals surface area contributed by atoms with Gasteiger partial charge in [-0.05, 0) is 45.4 Å². The number of likely N-dealkylation sites (tertiary alicyclic amines) is 1. The van der Waals surface area contributed by atoms with Gasteiger partial charge in [-0.3, -0.25) is 9.69 Å². The fourth-order valence-electron chi connectivity index (χ4n) is 2.90. The van der Waals surface area contributed by atoms with Gasteiger partial charge in [-0.2, -0.15) is 0 Å². The second-order valence-electron chi connectivity index (χ2n) is 7.32. The molecule has 0 saturated carbocycles. The number of aryl methyl sites for hydroxylation is 1. The van der Waals surface area contributed by atoms with Crippen LogP contribution in [0, 0.1) is 6.92 Å². The van der Waals surface area contributed by atoms with Gasteiger partial charge in [0, 0.05) is 4.47 Å². The van der Waals surface area contributed by atoms with E-state index >= 15 is 0 Å². The summed E-state index contributed by atoms with van der Waals surface area (Å²) in [5.41, 5.74) is 0.473. The lowest BCUT2D eigenvalue weighted by atomic mass is 9.83. The monoisotopic (exact) mass is 381 g/mol. The number of rotatable bonds is 0. The van der Waals surface area contributed by atoms with E-state index in [2.05, 4.69) is 15.9 Å². The highest BCUT2D eigenvalue weighted by Crippen LogP contribution is 2.41. The topological polar surface area (TPSA) is 55.8 Å². The highest BCUT2D eigenvalue weighted by molar-refractivity contribution is 9.10. The van der Waals surface area contributed by atoms with E-state index in [4.69, 9.17) is 9.47 Å². The van der Waals surface area contributed by atoms with E-state index in [1.54, 1.807) is 4.90 Å². The number of carbonyl (C=O) groups is 2. The molecule has 0 unspecified atom stereocenters. The number of benzene rings is 1. The number of halogens is 1. The largest absolute Gasteiger partial charge is 0.482 e. The van der Waals surface area contributed by atoms with Crippen molar-refractivity contribution < 1.29 is 19.1 Å². The van der Waals surface area contributed by atoms with Gasteiger partial charge in [0.2, 0.25) is 0 Å². The second kappa shape index (κ2) is 5.23. The summed E-state index contributed by atoms with van der Waals surface area (Å²) in [5, 5.41) is 0. The van der Waals surface area contributed by atoms with Crippen LogP contribution < -0.4 is 4.74 Å². The molecule has 3 rings (SSSR count). The number of fused-ring (bicyclic) bond motifs is 1. The number of Topliss-reactive ketones (excluding diaryl/α,β-unsaturated/α-hetero) is 1. The van der Waals surface area contributed by atoms with Crippen LogP contribution in [0.5, 0.6) is 5.75 Å². The second-order valence-corrected chi connectivity index (χ2v) is 8.17. The summed E-state index contributed by atoms with van der Waals surface area (Å²) in [6, 6.07) is 3.68. The SMILES string of the molecule is Cc1cc2c(cc1Br)OC1(CC2=O)CN(C(=O)OC(C)(C)C)C1. The molecule has 1 saturated heterocycles. The molecule has 2 aliphatic rings. The fraction of sp³-hybridized carbons (Fsp3) is 0.529. The fourth-order valence-corrected chi connectivity index (χ4v) is 3.23. The number of hydrogen-bond acceptors (Lipinski definition) is 4. The standard InChI is InChI=1S/C17H20BrNO4/c1-10-5-11-13(20)7-17(22-14(11)6-12(10)18)8-19(9-17)15(21)23-16(2,3)4/h5-6H,7-9H2,1-4H3. The van der Waals surface area contributed by atoms with Crippen LogP contribution in [-0.2, 0) is 4.74 Å². The molecule has 0 aromatic heterocycles. The highest BCUT2D eigenvalue weighted by Gasteiger charge is 2.52. The highest BCUT2D eigenvalue weighted by atomic mass is 79.9. The van der Waals surface area contributed by atoms with E-state index in [1.807, 2.05) is 39.8 Å². The van der Waals surface area contributed by atoms with Crippen molar-refractivity contribution in [2.75, 3.05) is 13.1 Å². The minimum Gasteiger partial charge on any atom is -0.482 e. The van der Waals surface area contributed by atoms with Gasteiger partial charge in [-0.1, -0.05) is 15.9 Å². The Morgan fingerprint density at radius 1 is 1.35 bits per heavy atom. The normalized spacial score (nSPS) is 19.0. The molecule has 1 aromatic rings. The maximum absolute atomic E-state index is 12.4. The molecule has 0 N–H and O–H groups in total. The summed E-state index contributed by atoms with van der Waals surface area (Å²) in [5.74, 6) is 0.647. The zero-order valence-electron chi connectivity index (χ0n) is 13.7. The van der Waals surface area contributed by atoms with Crippen LogP contribution in [0.1, 0.15) is 43.1 Å². The van der Waals surface area contributed by atoms with E-state index in [0.717, 1.165) is 10.0 Å². The smallest absolute Gasteiger partial charge is 0.410 e. The first kappa shape index (κ1) is 16.3. The molecule has 0 aliphatic carbocycles. The van der Waals surface area contributed by atoms with E-state index in [9.17, 15) is 9.59 Å². The molecule has 0 atom stereocenters. The third kappa shape index (κ3) is 3.09. The van der Waals surface area contributed by atoms with Gasteiger partial charge in [0.25, 0.3) is 0 Å². The maximum atomic E-state index is 12.4. The van der Waals surface area contributed by atoms with Gasteiger partial charge < -0.3 is 9.47 Å². The molecule has 124 valence electrons. The average molecular weight is 382 g/mol. The van der Waals surface area contributed by atoms with E-state index in [1.165, 1.54) is 0 Å². The molecule has 6 heteroatoms. The molecule has 5 nitrogen and oxygen atoms in total. The summed E-state index contributed by atoms with van der Waals surface area (Å²) in [6.07, 6.45) is -0.0737. The molecular formula is C17H20BrNO4. The number of ether oxygens (including phenoxy) is 2. The predicted molar refractivity (Wildman–Crippen MR) is 89.0 cm³/mol. The molecule has 1 spiro atoms. The van der Waals surface area contributed by atoms with Crippen molar-refractivity contribution in [1.82, 2.24) is 4.90 Å². The number of carbonyl (C=O) groups excluding carboxylic acids is 2. The van der Waals surface area contributed by atoms with Crippen molar-refractivity contribution >= 4 is 27.8 Å². The van der Waals surface area contributed by atoms with Gasteiger partial charge in [0.1, 0.15) is 11.4 Å². The van der Waals surface area contributed by atoms with Crippen LogP contribution >= 0.6 is 15.9 Å². The Balaban J connectivity index is 1.74. The Morgan fingerprint density at radius 2 is 2.00 bits per heavy atom. The van der Waals surface area contributed by atoms with Crippen LogP contribution in [0.3, 0.4) is 0 Å². The lowest BCUT2D eigenvalue weighted by Gasteiger charge is -2.50. The Bertz CT molecular complexity index is 687. The van der Waals surface area contributed by atoms with Gasteiger partial charge in [0.15, 0.2) is 11.4 Å². The molecule has 1 amide bonds. The number of nitrogens with zero attached hydrogens (tertiary/aromatic N) is 1. The van der Waals surface area contributed by atoms with Crippen LogP contribution in [0.4, 0.5) is 4.79 Å². The third-order valence-corrected chi connectivity index (χ3v) is 4.83. The van der Waals surface area contributed by atoms with Gasteiger partial charge in [-0.15, -0.1) is 0 Å². The van der Waals surface area contributed by atoms with Crippen LogP contribution in [0.2, 0.25) is 0 Å². The molecule has 1 fully saturated rings. The summed E-state index contributed by atoms with van der Waals surface area (Å²) in [4.78, 5) is 26.1. The molecule has 0 bridgehead atoms. The first-order valence-corrected chi connectivity index (χ1v) is 8.38. The molecular weight excluding hydrogens is 362 g/mol. The summed E-state index contributed by atoms with van der Waals surface area (Å²) < 4.78 is 12.3. The van der Waals surface area contributed by atoms with Crippen molar-refractivity contribution in [3.05, 3.63) is 27.7 Å². The van der Waals surface area contributed by atoms with Crippen molar-refractivity contribution in [2.24, 2.45) is 0 Å². The van der Waals surface area contributed by atoms with Crippen molar-refractivity contribution in [3.8, 4) is 5.75 Å². The Labute approximate surface area is 144 Å². The number of hydrogen-bond donors (Lipinski definition) is 0. The van der Waals surface area contributed by atoms with Crippen molar-refractivity contribution in [1.29, 1.82) is 0 Å². The van der Waals surface area contributed by atoms with E-state index in [0.29, 0.717) is 30.8 Å². The zero-order chi connectivity index (χ0) is 17.0. The minimum atomic E-state index is -0.615. The summed E-state index contributed by atoms with van der Waals surface area (Å²) in [6.45, 7) is 8.18. The lowest BCUT2D eigenvalue weighted by molar-refractivity contribution is -0.0847. The first-order valence-electron chi connectivity index (χ1n) is 7.59. The predicted octanol–water partition coefficient (Wildman–Crippen LogP) is 3.71. The number of amides is 1. The molecule has 23 heavy (non-hydrogen) atoms. The zero-order valence-corrected chi connectivity index (χ0v) is 15.3. The van der Waals surface area contributed by atoms with Crippen LogP contribution in [0.15, 0.2) is 16.6 Å². The van der Waals surface area contributed by atoms with E-state index in [-0.39, 0.29) is 11.9 Å². The van der Waals surface area contributed by atoms with Gasteiger partial charge in [-0.25, -0.2) is 4.79 Å². The molecule has 1 aromatic carbocycles. The lowest BCUT2D eigenvalue weighted by Crippen LogP contribution is -2.68. The van der Waals surface area contributed by atoms with Crippen molar-refractivity contribution in [3.63, 3.8) is 0 Å². The first-order chi connectivity index (χ1) is 10.6. The van der Waals surface area contributed by atoms with Gasteiger partial charge >= 0.3 is 6.09 Å². The van der Waals surface area contributed by atoms with Crippen LogP contribution in [0.25, 0.3) is 0 Å². The quantitative estimate of drug-likeness (QED) is 0.687.